The molecule has 19 heavy (non-hydrogen) atoms. The summed E-state index contributed by atoms with van der Waals surface area (Å²) in [5.41, 5.74) is 0.0195. The topological polar surface area (TPSA) is 66.4 Å². The first-order valence-electron chi connectivity index (χ1n) is 6.76. The predicted molar refractivity (Wildman–Crippen MR) is 78.1 cm³/mol. The van der Waals surface area contributed by atoms with Gasteiger partial charge >= 0.3 is 0 Å². The third kappa shape index (κ3) is 4.27. The second-order valence-electron chi connectivity index (χ2n) is 5.19. The van der Waals surface area contributed by atoms with Gasteiger partial charge in [-0.2, -0.15) is 8.42 Å². The lowest BCUT2D eigenvalue weighted by molar-refractivity contribution is 0.239. The molecule has 4 nitrogen and oxygen atoms in total. The molecule has 0 unspecified atom stereocenters. The molecule has 108 valence electrons. The van der Waals surface area contributed by atoms with E-state index in [1.807, 2.05) is 0 Å². The molecule has 0 aromatic carbocycles. The molecule has 1 fully saturated rings. The number of nitrogens with one attached hydrogen (secondary N) is 1. The van der Waals surface area contributed by atoms with Gasteiger partial charge in [-0.3, -0.25) is 4.55 Å². The maximum absolute atomic E-state index is 10.7. The van der Waals surface area contributed by atoms with Crippen LogP contribution >= 0.6 is 11.3 Å². The van der Waals surface area contributed by atoms with Gasteiger partial charge in [0, 0.05) is 4.88 Å². The maximum Gasteiger partial charge on any atom is 0.264 e. The van der Waals surface area contributed by atoms with Crippen molar-refractivity contribution in [2.75, 3.05) is 12.3 Å². The van der Waals surface area contributed by atoms with Crippen LogP contribution in [0.2, 0.25) is 0 Å². The van der Waals surface area contributed by atoms with Crippen molar-refractivity contribution in [2.45, 2.75) is 44.1 Å². The zero-order valence-corrected chi connectivity index (χ0v) is 12.6. The lowest BCUT2D eigenvalue weighted by atomic mass is 9.80. The minimum atomic E-state index is -3.84. The Hall–Kier alpha value is -0.430. The highest BCUT2D eigenvalue weighted by molar-refractivity contribution is 7.85. The van der Waals surface area contributed by atoms with Crippen LogP contribution in [-0.2, 0) is 15.7 Å². The Kier molecular flexibility index (Phi) is 5.00. The zero-order valence-electron chi connectivity index (χ0n) is 11.0. The van der Waals surface area contributed by atoms with Crippen LogP contribution in [0.25, 0.3) is 0 Å². The van der Waals surface area contributed by atoms with E-state index in [2.05, 4.69) is 22.8 Å². The van der Waals surface area contributed by atoms with Gasteiger partial charge in [0.1, 0.15) is 0 Å². The molecule has 1 saturated carbocycles. The van der Waals surface area contributed by atoms with Crippen molar-refractivity contribution in [3.63, 3.8) is 0 Å². The molecule has 1 aliphatic carbocycles. The highest BCUT2D eigenvalue weighted by atomic mass is 32.2. The molecule has 0 atom stereocenters. The van der Waals surface area contributed by atoms with Crippen LogP contribution in [0.4, 0.5) is 0 Å². The first kappa shape index (κ1) is 15.0. The quantitative estimate of drug-likeness (QED) is 0.626. The van der Waals surface area contributed by atoms with E-state index in [1.54, 1.807) is 11.3 Å². The number of hydrogen-bond donors (Lipinski definition) is 2. The lowest BCUT2D eigenvalue weighted by Gasteiger charge is -2.37. The van der Waals surface area contributed by atoms with Gasteiger partial charge in [-0.15, -0.1) is 11.3 Å². The molecular weight excluding hydrogens is 282 g/mol. The average molecular weight is 303 g/mol. The van der Waals surface area contributed by atoms with Gasteiger partial charge in [0.2, 0.25) is 0 Å². The van der Waals surface area contributed by atoms with E-state index in [1.165, 1.54) is 24.1 Å². The van der Waals surface area contributed by atoms with E-state index < -0.39 is 10.1 Å². The SMILES string of the molecule is O=S(=O)(O)CCCNC1(c2cccs2)CCCCC1. The van der Waals surface area contributed by atoms with E-state index in [9.17, 15) is 8.42 Å². The number of thiophene rings is 1. The van der Waals surface area contributed by atoms with Gasteiger partial charge in [-0.05, 0) is 37.3 Å². The van der Waals surface area contributed by atoms with Gasteiger partial charge in [0.05, 0.1) is 11.3 Å². The van der Waals surface area contributed by atoms with Gasteiger partial charge in [0.25, 0.3) is 10.1 Å². The summed E-state index contributed by atoms with van der Waals surface area (Å²) in [5, 5.41) is 5.63. The number of rotatable bonds is 6. The van der Waals surface area contributed by atoms with Gasteiger partial charge in [-0.1, -0.05) is 25.3 Å². The van der Waals surface area contributed by atoms with E-state index in [4.69, 9.17) is 4.55 Å². The molecule has 1 heterocycles. The van der Waals surface area contributed by atoms with Crippen LogP contribution in [-0.4, -0.2) is 25.3 Å². The third-order valence-corrected chi connectivity index (χ3v) is 5.62. The number of hydrogen-bond acceptors (Lipinski definition) is 4. The summed E-state index contributed by atoms with van der Waals surface area (Å²) >= 11 is 1.76. The van der Waals surface area contributed by atoms with E-state index >= 15 is 0 Å². The van der Waals surface area contributed by atoms with E-state index in [0.717, 1.165) is 12.8 Å². The molecule has 2 rings (SSSR count). The van der Waals surface area contributed by atoms with Crippen molar-refractivity contribution in [2.24, 2.45) is 0 Å². The van der Waals surface area contributed by atoms with Gasteiger partial charge < -0.3 is 5.32 Å². The second-order valence-corrected chi connectivity index (χ2v) is 7.71. The van der Waals surface area contributed by atoms with Crippen LogP contribution in [0.1, 0.15) is 43.4 Å². The highest BCUT2D eigenvalue weighted by Gasteiger charge is 2.33. The van der Waals surface area contributed by atoms with Crippen molar-refractivity contribution in [3.05, 3.63) is 22.4 Å². The third-order valence-electron chi connectivity index (χ3n) is 3.74. The molecule has 0 bridgehead atoms. The molecule has 6 heteroatoms. The standard InChI is InChI=1S/C13H21NO3S2/c15-19(16,17)11-5-9-14-13(7-2-1-3-8-13)12-6-4-10-18-12/h4,6,10,14H,1-3,5,7-9,11H2,(H,15,16,17). The molecule has 0 amide bonds. The minimum Gasteiger partial charge on any atom is -0.307 e. The smallest absolute Gasteiger partial charge is 0.264 e. The molecule has 1 aliphatic rings. The summed E-state index contributed by atoms with van der Waals surface area (Å²) in [6.45, 7) is 0.623. The molecule has 2 N–H and O–H groups in total. The average Bonchev–Trinajstić information content (AvgIpc) is 2.89. The summed E-state index contributed by atoms with van der Waals surface area (Å²) in [7, 11) is -3.84. The fourth-order valence-electron chi connectivity index (χ4n) is 2.80. The normalized spacial score (nSPS) is 19.4. The fourth-order valence-corrected chi connectivity index (χ4v) is 4.27. The zero-order chi connectivity index (χ0) is 13.8. The monoisotopic (exact) mass is 303 g/mol. The molecular formula is C13H21NO3S2. The maximum atomic E-state index is 10.7. The van der Waals surface area contributed by atoms with Crippen LogP contribution in [0.5, 0.6) is 0 Å². The van der Waals surface area contributed by atoms with E-state index in [-0.39, 0.29) is 11.3 Å². The first-order chi connectivity index (χ1) is 9.02. The van der Waals surface area contributed by atoms with Crippen LogP contribution in [0, 0.1) is 0 Å². The highest BCUT2D eigenvalue weighted by Crippen LogP contribution is 2.39. The van der Waals surface area contributed by atoms with E-state index in [0.29, 0.717) is 13.0 Å². The molecule has 0 spiro atoms. The second kappa shape index (κ2) is 6.35. The molecule has 0 radical (unpaired) electrons. The Morgan fingerprint density at radius 2 is 2.05 bits per heavy atom. The van der Waals surface area contributed by atoms with Crippen molar-refractivity contribution < 1.29 is 13.0 Å². The van der Waals surface area contributed by atoms with Crippen molar-refractivity contribution >= 4 is 21.5 Å². The summed E-state index contributed by atoms with van der Waals surface area (Å²) in [6, 6.07) is 4.22. The fraction of sp³-hybridized carbons (Fsp3) is 0.692. The Morgan fingerprint density at radius 3 is 2.63 bits per heavy atom. The van der Waals surface area contributed by atoms with Crippen LogP contribution in [0.3, 0.4) is 0 Å². The summed E-state index contributed by atoms with van der Waals surface area (Å²) < 4.78 is 30.2. The van der Waals surface area contributed by atoms with Crippen molar-refractivity contribution in [1.82, 2.24) is 5.32 Å². The summed E-state index contributed by atoms with van der Waals surface area (Å²) in [6.07, 6.45) is 6.37. The Labute approximate surface area is 119 Å². The lowest BCUT2D eigenvalue weighted by Crippen LogP contribution is -2.44. The van der Waals surface area contributed by atoms with Gasteiger partial charge in [-0.25, -0.2) is 0 Å². The molecule has 0 saturated heterocycles. The molecule has 1 aromatic heterocycles. The Bertz CT molecular complexity index is 476. The molecule has 1 aromatic rings. The molecule has 0 aliphatic heterocycles. The minimum absolute atomic E-state index is 0.0195. The largest absolute Gasteiger partial charge is 0.307 e. The Balaban J connectivity index is 1.95. The van der Waals surface area contributed by atoms with Crippen molar-refractivity contribution in [3.8, 4) is 0 Å². The van der Waals surface area contributed by atoms with Crippen LogP contribution in [0.15, 0.2) is 17.5 Å². The summed E-state index contributed by atoms with van der Waals surface area (Å²) in [4.78, 5) is 1.35. The first-order valence-corrected chi connectivity index (χ1v) is 9.25. The van der Waals surface area contributed by atoms with Gasteiger partial charge in [0.15, 0.2) is 0 Å². The van der Waals surface area contributed by atoms with Crippen LogP contribution < -0.4 is 5.32 Å². The predicted octanol–water partition coefficient (Wildman–Crippen LogP) is 2.78. The Morgan fingerprint density at radius 1 is 1.32 bits per heavy atom. The summed E-state index contributed by atoms with van der Waals surface area (Å²) in [5.74, 6) is -0.166. The van der Waals surface area contributed by atoms with Crippen molar-refractivity contribution in [1.29, 1.82) is 0 Å².